The quantitative estimate of drug-likeness (QED) is 0.919. The van der Waals surface area contributed by atoms with Gasteiger partial charge in [-0.05, 0) is 17.7 Å². The number of carbonyl (C=O) groups is 1. The first-order chi connectivity index (χ1) is 9.75. The zero-order valence-electron chi connectivity index (χ0n) is 10.6. The number of hydrogen-bond acceptors (Lipinski definition) is 2. The summed E-state index contributed by atoms with van der Waals surface area (Å²) in [6, 6.07) is 16.7. The smallest absolute Gasteiger partial charge is 0.258 e. The third-order valence-corrected chi connectivity index (χ3v) is 3.29. The third kappa shape index (κ3) is 2.40. The molecule has 1 amide bonds. The fourth-order valence-corrected chi connectivity index (χ4v) is 2.35. The van der Waals surface area contributed by atoms with E-state index in [-0.39, 0.29) is 12.6 Å². The summed E-state index contributed by atoms with van der Waals surface area (Å²) in [5.74, 6) is 0.417. The Morgan fingerprint density at radius 1 is 1.00 bits per heavy atom. The third-order valence-electron chi connectivity index (χ3n) is 3.05. The summed E-state index contributed by atoms with van der Waals surface area (Å²) in [5.41, 5.74) is 2.14. The molecule has 3 nitrogen and oxygen atoms in total. The van der Waals surface area contributed by atoms with Crippen LogP contribution in [0.15, 0.2) is 54.6 Å². The van der Waals surface area contributed by atoms with E-state index in [1.807, 2.05) is 42.5 Å². The summed E-state index contributed by atoms with van der Waals surface area (Å²) in [7, 11) is 0. The lowest BCUT2D eigenvalue weighted by Crippen LogP contribution is -2.32. The van der Waals surface area contributed by atoms with Crippen LogP contribution in [0.1, 0.15) is 11.1 Å². The molecule has 0 aromatic heterocycles. The Balaban J connectivity index is 2.19. The molecule has 100 valence electrons. The van der Waals surface area contributed by atoms with E-state index in [1.54, 1.807) is 12.1 Å². The lowest BCUT2D eigenvalue weighted by molar-refractivity contribution is -0.117. The largest absolute Gasteiger partial charge is 0.472 e. The predicted octanol–water partition coefficient (Wildman–Crippen LogP) is 3.31. The molecule has 0 aliphatic carbocycles. The number of halogens is 1. The van der Waals surface area contributed by atoms with Gasteiger partial charge in [0.05, 0.1) is 5.57 Å². The molecule has 0 saturated carbocycles. The van der Waals surface area contributed by atoms with Crippen LogP contribution in [-0.4, -0.2) is 12.6 Å². The van der Waals surface area contributed by atoms with Crippen LogP contribution in [0, 0.1) is 0 Å². The standard InChI is InChI=1S/C16H12ClNO2/c17-13-8-4-7-12(9-13)15-14(16(19)18-10-20-15)11-5-2-1-3-6-11/h1-9H,10H2,(H,18,19). The fraction of sp³-hybridized carbons (Fsp3) is 0.0625. The van der Waals surface area contributed by atoms with E-state index in [9.17, 15) is 4.79 Å². The zero-order chi connectivity index (χ0) is 13.9. The lowest BCUT2D eigenvalue weighted by atomic mass is 9.99. The minimum absolute atomic E-state index is 0.141. The van der Waals surface area contributed by atoms with Crippen molar-refractivity contribution in [2.75, 3.05) is 6.73 Å². The van der Waals surface area contributed by atoms with E-state index >= 15 is 0 Å². The maximum atomic E-state index is 12.2. The molecule has 4 heteroatoms. The number of hydrogen-bond donors (Lipinski definition) is 1. The van der Waals surface area contributed by atoms with Crippen LogP contribution < -0.4 is 5.32 Å². The number of benzene rings is 2. The highest BCUT2D eigenvalue weighted by atomic mass is 35.5. The van der Waals surface area contributed by atoms with Crippen LogP contribution in [0.3, 0.4) is 0 Å². The van der Waals surface area contributed by atoms with Gasteiger partial charge in [-0.2, -0.15) is 0 Å². The molecule has 1 aliphatic rings. The van der Waals surface area contributed by atoms with Crippen molar-refractivity contribution < 1.29 is 9.53 Å². The van der Waals surface area contributed by atoms with E-state index < -0.39 is 0 Å². The molecule has 0 fully saturated rings. The first kappa shape index (κ1) is 12.8. The molecule has 1 N–H and O–H groups in total. The molecule has 20 heavy (non-hydrogen) atoms. The Morgan fingerprint density at radius 3 is 2.50 bits per heavy atom. The van der Waals surface area contributed by atoms with Crippen molar-refractivity contribution in [3.8, 4) is 0 Å². The van der Waals surface area contributed by atoms with Crippen molar-refractivity contribution >= 4 is 28.8 Å². The molecular formula is C16H12ClNO2. The number of amides is 1. The first-order valence-corrected chi connectivity index (χ1v) is 6.60. The second-order valence-corrected chi connectivity index (χ2v) is 4.81. The molecule has 0 atom stereocenters. The normalized spacial score (nSPS) is 14.8. The van der Waals surface area contributed by atoms with Crippen molar-refractivity contribution in [1.29, 1.82) is 0 Å². The number of nitrogens with one attached hydrogen (secondary N) is 1. The molecule has 0 saturated heterocycles. The van der Waals surface area contributed by atoms with Crippen LogP contribution >= 0.6 is 11.6 Å². The van der Waals surface area contributed by atoms with Crippen LogP contribution in [0.2, 0.25) is 5.02 Å². The van der Waals surface area contributed by atoms with E-state index in [1.165, 1.54) is 0 Å². The highest BCUT2D eigenvalue weighted by Crippen LogP contribution is 2.30. The van der Waals surface area contributed by atoms with Gasteiger partial charge in [0, 0.05) is 10.6 Å². The molecule has 1 heterocycles. The lowest BCUT2D eigenvalue weighted by Gasteiger charge is -2.22. The number of rotatable bonds is 2. The molecule has 2 aromatic rings. The minimum Gasteiger partial charge on any atom is -0.472 e. The Kier molecular flexibility index (Phi) is 3.44. The summed E-state index contributed by atoms with van der Waals surface area (Å²) in [5, 5.41) is 3.30. The SMILES string of the molecule is O=C1NCOC(c2cccc(Cl)c2)=C1c1ccccc1. The van der Waals surface area contributed by atoms with Crippen molar-refractivity contribution in [3.63, 3.8) is 0 Å². The van der Waals surface area contributed by atoms with Crippen molar-refractivity contribution in [3.05, 3.63) is 70.7 Å². The molecule has 1 aliphatic heterocycles. The molecule has 2 aromatic carbocycles. The average Bonchev–Trinajstić information content (AvgIpc) is 2.48. The molecular weight excluding hydrogens is 274 g/mol. The minimum atomic E-state index is -0.141. The van der Waals surface area contributed by atoms with Gasteiger partial charge in [-0.15, -0.1) is 0 Å². The van der Waals surface area contributed by atoms with Gasteiger partial charge in [-0.3, -0.25) is 4.79 Å². The fourth-order valence-electron chi connectivity index (χ4n) is 2.16. The van der Waals surface area contributed by atoms with Crippen molar-refractivity contribution in [1.82, 2.24) is 5.32 Å². The zero-order valence-corrected chi connectivity index (χ0v) is 11.4. The summed E-state index contributed by atoms with van der Waals surface area (Å²) in [6.07, 6.45) is 0. The highest BCUT2D eigenvalue weighted by Gasteiger charge is 2.24. The highest BCUT2D eigenvalue weighted by molar-refractivity contribution is 6.31. The Labute approximate surface area is 121 Å². The number of carbonyl (C=O) groups excluding carboxylic acids is 1. The Bertz CT molecular complexity index is 680. The van der Waals surface area contributed by atoms with E-state index in [4.69, 9.17) is 16.3 Å². The van der Waals surface area contributed by atoms with Crippen LogP contribution in [0.25, 0.3) is 11.3 Å². The second kappa shape index (κ2) is 5.39. The summed E-state index contributed by atoms with van der Waals surface area (Å²) < 4.78 is 5.65. The Hall–Kier alpha value is -2.26. The molecule has 0 unspecified atom stereocenters. The molecule has 0 radical (unpaired) electrons. The summed E-state index contributed by atoms with van der Waals surface area (Å²) in [4.78, 5) is 12.2. The van der Waals surface area contributed by atoms with Gasteiger partial charge in [0.15, 0.2) is 6.73 Å². The summed E-state index contributed by atoms with van der Waals surface area (Å²) >= 11 is 6.02. The van der Waals surface area contributed by atoms with Gasteiger partial charge in [-0.1, -0.05) is 54.1 Å². The summed E-state index contributed by atoms with van der Waals surface area (Å²) in [6.45, 7) is 0.164. The van der Waals surface area contributed by atoms with Crippen LogP contribution in [0.4, 0.5) is 0 Å². The van der Waals surface area contributed by atoms with Gasteiger partial charge < -0.3 is 10.1 Å². The monoisotopic (exact) mass is 285 g/mol. The first-order valence-electron chi connectivity index (χ1n) is 6.22. The topological polar surface area (TPSA) is 38.3 Å². The van der Waals surface area contributed by atoms with Crippen LogP contribution in [-0.2, 0) is 9.53 Å². The predicted molar refractivity (Wildman–Crippen MR) is 78.8 cm³/mol. The number of ether oxygens (including phenoxy) is 1. The van der Waals surface area contributed by atoms with E-state index in [0.717, 1.165) is 11.1 Å². The molecule has 3 rings (SSSR count). The van der Waals surface area contributed by atoms with Gasteiger partial charge >= 0.3 is 0 Å². The van der Waals surface area contributed by atoms with Crippen molar-refractivity contribution in [2.24, 2.45) is 0 Å². The second-order valence-electron chi connectivity index (χ2n) is 4.38. The van der Waals surface area contributed by atoms with Crippen LogP contribution in [0.5, 0.6) is 0 Å². The van der Waals surface area contributed by atoms with Crippen molar-refractivity contribution in [2.45, 2.75) is 0 Å². The molecule has 0 spiro atoms. The van der Waals surface area contributed by atoms with Gasteiger partial charge in [0.25, 0.3) is 5.91 Å². The Morgan fingerprint density at radius 2 is 1.75 bits per heavy atom. The van der Waals surface area contributed by atoms with E-state index in [0.29, 0.717) is 16.4 Å². The average molecular weight is 286 g/mol. The van der Waals surface area contributed by atoms with E-state index in [2.05, 4.69) is 5.32 Å². The van der Waals surface area contributed by atoms with Gasteiger partial charge in [0.2, 0.25) is 0 Å². The maximum absolute atomic E-state index is 12.2. The van der Waals surface area contributed by atoms with Gasteiger partial charge in [-0.25, -0.2) is 0 Å². The van der Waals surface area contributed by atoms with Gasteiger partial charge in [0.1, 0.15) is 5.76 Å². The maximum Gasteiger partial charge on any atom is 0.258 e. The molecule has 0 bridgehead atoms.